The van der Waals surface area contributed by atoms with E-state index in [2.05, 4.69) is 17.3 Å². The van der Waals surface area contributed by atoms with E-state index >= 15 is 0 Å². The molecular weight excluding hydrogens is 576 g/mol. The fraction of sp³-hybridized carbons (Fsp3) is 0.400. The number of nitrogens with zero attached hydrogens (tertiary/aromatic N) is 1. The van der Waals surface area contributed by atoms with Crippen LogP contribution in [0.1, 0.15) is 42.9 Å². The van der Waals surface area contributed by atoms with Crippen LogP contribution in [-0.2, 0) is 42.0 Å². The first kappa shape index (κ1) is 32.1. The second kappa shape index (κ2) is 15.1. The number of hydrogen-bond acceptors (Lipinski definition) is 7. The smallest absolute Gasteiger partial charge is 0.251 e. The lowest BCUT2D eigenvalue weighted by Crippen LogP contribution is -2.36. The van der Waals surface area contributed by atoms with Crippen molar-refractivity contribution in [1.29, 1.82) is 0 Å². The van der Waals surface area contributed by atoms with E-state index in [1.807, 2.05) is 67.6 Å². The predicted octanol–water partition coefficient (Wildman–Crippen LogP) is 5.72. The molecular formula is C35H42N2O6S. The van der Waals surface area contributed by atoms with Crippen molar-refractivity contribution in [3.8, 4) is 11.1 Å². The van der Waals surface area contributed by atoms with Crippen LogP contribution in [0.3, 0.4) is 0 Å². The Balaban J connectivity index is 1.26. The highest BCUT2D eigenvalue weighted by Crippen LogP contribution is 2.31. The molecule has 9 heteroatoms. The van der Waals surface area contributed by atoms with Gasteiger partial charge < -0.3 is 19.5 Å². The number of hydrogen-bond donors (Lipinski definition) is 1. The Bertz CT molecular complexity index is 1550. The third-order valence-corrected chi connectivity index (χ3v) is 9.98. The van der Waals surface area contributed by atoms with Gasteiger partial charge in [-0.1, -0.05) is 42.5 Å². The second-order valence-corrected chi connectivity index (χ2v) is 13.4. The predicted molar refractivity (Wildman–Crippen MR) is 173 cm³/mol. The SMILES string of the molecule is CCOCCOCc1ccc(-c2ccc3c(c2)C=C(C(=O)Nc2ccc(CN(C)C4CCOCC4)cc2)CCS3(=O)=O)cc1. The molecule has 0 atom stereocenters. The van der Waals surface area contributed by atoms with Gasteiger partial charge in [0.05, 0.1) is 30.5 Å². The van der Waals surface area contributed by atoms with E-state index in [0.717, 1.165) is 49.3 Å². The quantitative estimate of drug-likeness (QED) is 0.260. The van der Waals surface area contributed by atoms with Gasteiger partial charge in [-0.2, -0.15) is 0 Å². The number of carbonyl (C=O) groups is 1. The van der Waals surface area contributed by atoms with E-state index in [0.29, 0.717) is 49.3 Å². The zero-order valence-electron chi connectivity index (χ0n) is 25.6. The summed E-state index contributed by atoms with van der Waals surface area (Å²) < 4.78 is 42.7. The van der Waals surface area contributed by atoms with E-state index in [-0.39, 0.29) is 23.0 Å². The number of nitrogens with one attached hydrogen (secondary N) is 1. The van der Waals surface area contributed by atoms with E-state index in [4.69, 9.17) is 14.2 Å². The standard InChI is InChI=1S/C35H42N2O6S/c1-3-41-19-20-43-25-27-4-8-28(9-5-27)29-10-13-34-31(22-29)23-30(16-21-44(34,39)40)35(38)36-32-11-6-26(7-12-32)24-37(2)33-14-17-42-18-15-33/h4-13,22-23,33H,3,14-21,24-25H2,1-2H3,(H,36,38). The van der Waals surface area contributed by atoms with Gasteiger partial charge in [-0.25, -0.2) is 8.42 Å². The zero-order chi connectivity index (χ0) is 30.9. The van der Waals surface area contributed by atoms with Crippen LogP contribution in [0.2, 0.25) is 0 Å². The minimum Gasteiger partial charge on any atom is -0.381 e. The monoisotopic (exact) mass is 618 g/mol. The van der Waals surface area contributed by atoms with Crippen LogP contribution in [0.15, 0.2) is 77.2 Å². The Kier molecular flexibility index (Phi) is 11.0. The summed E-state index contributed by atoms with van der Waals surface area (Å²) in [5.74, 6) is -0.409. The number of anilines is 1. The lowest BCUT2D eigenvalue weighted by Gasteiger charge is -2.31. The van der Waals surface area contributed by atoms with Gasteiger partial charge >= 0.3 is 0 Å². The second-order valence-electron chi connectivity index (χ2n) is 11.3. The lowest BCUT2D eigenvalue weighted by atomic mass is 10.00. The average molecular weight is 619 g/mol. The molecule has 0 unspecified atom stereocenters. The molecule has 2 aliphatic heterocycles. The Hall–Kier alpha value is -3.34. The highest BCUT2D eigenvalue weighted by atomic mass is 32.2. The van der Waals surface area contributed by atoms with Crippen molar-refractivity contribution in [2.75, 3.05) is 51.2 Å². The molecule has 0 aliphatic carbocycles. The number of sulfone groups is 1. The first-order chi connectivity index (χ1) is 21.3. The van der Waals surface area contributed by atoms with E-state index in [1.165, 1.54) is 5.56 Å². The summed E-state index contributed by atoms with van der Waals surface area (Å²) in [4.78, 5) is 15.9. The van der Waals surface area contributed by atoms with Crippen molar-refractivity contribution < 1.29 is 27.4 Å². The van der Waals surface area contributed by atoms with Crippen molar-refractivity contribution in [2.45, 2.75) is 50.3 Å². The number of fused-ring (bicyclic) bond motifs is 1. The molecule has 0 radical (unpaired) electrons. The van der Waals surface area contributed by atoms with Crippen LogP contribution in [0.5, 0.6) is 0 Å². The summed E-state index contributed by atoms with van der Waals surface area (Å²) in [5, 5.41) is 2.97. The molecule has 5 rings (SSSR count). The number of rotatable bonds is 12. The Morgan fingerprint density at radius 1 is 0.932 bits per heavy atom. The zero-order valence-corrected chi connectivity index (χ0v) is 26.4. The number of carbonyl (C=O) groups excluding carboxylic acids is 1. The van der Waals surface area contributed by atoms with Crippen molar-refractivity contribution in [3.63, 3.8) is 0 Å². The highest BCUT2D eigenvalue weighted by Gasteiger charge is 2.25. The Morgan fingerprint density at radius 3 is 2.34 bits per heavy atom. The van der Waals surface area contributed by atoms with Gasteiger partial charge in [0.25, 0.3) is 5.91 Å². The summed E-state index contributed by atoms with van der Waals surface area (Å²) in [7, 11) is -1.40. The average Bonchev–Trinajstić information content (AvgIpc) is 3.17. The maximum Gasteiger partial charge on any atom is 0.251 e. The van der Waals surface area contributed by atoms with Gasteiger partial charge in [0.15, 0.2) is 9.84 Å². The van der Waals surface area contributed by atoms with E-state index in [9.17, 15) is 13.2 Å². The Labute approximate surface area is 260 Å². The normalized spacial score (nSPS) is 16.7. The molecule has 1 N–H and O–H groups in total. The van der Waals surface area contributed by atoms with Crippen LogP contribution >= 0.6 is 0 Å². The minimum absolute atomic E-state index is 0.117. The molecule has 3 aromatic rings. The maximum atomic E-state index is 13.3. The molecule has 1 fully saturated rings. The topological polar surface area (TPSA) is 94.2 Å². The molecule has 1 amide bonds. The van der Waals surface area contributed by atoms with Gasteiger partial charge in [-0.05, 0) is 91.4 Å². The minimum atomic E-state index is -3.54. The number of benzene rings is 3. The van der Waals surface area contributed by atoms with Crippen LogP contribution in [0.25, 0.3) is 17.2 Å². The molecule has 0 saturated carbocycles. The van der Waals surface area contributed by atoms with E-state index < -0.39 is 9.84 Å². The third kappa shape index (κ3) is 8.43. The van der Waals surface area contributed by atoms with Crippen LogP contribution < -0.4 is 5.32 Å². The van der Waals surface area contributed by atoms with Gasteiger partial charge in [0.1, 0.15) is 0 Å². The summed E-state index contributed by atoms with van der Waals surface area (Å²) in [6.07, 6.45) is 3.94. The molecule has 0 aromatic heterocycles. The van der Waals surface area contributed by atoms with Crippen molar-refractivity contribution >= 4 is 27.5 Å². The van der Waals surface area contributed by atoms with Gasteiger partial charge in [-0.15, -0.1) is 0 Å². The molecule has 0 spiro atoms. The van der Waals surface area contributed by atoms with E-state index in [1.54, 1.807) is 12.1 Å². The lowest BCUT2D eigenvalue weighted by molar-refractivity contribution is -0.112. The maximum absolute atomic E-state index is 13.3. The summed E-state index contributed by atoms with van der Waals surface area (Å²) in [5.41, 5.74) is 5.68. The number of ether oxygens (including phenoxy) is 3. The molecule has 44 heavy (non-hydrogen) atoms. The first-order valence-electron chi connectivity index (χ1n) is 15.3. The fourth-order valence-electron chi connectivity index (χ4n) is 5.61. The van der Waals surface area contributed by atoms with Crippen LogP contribution in [-0.4, -0.2) is 71.1 Å². The summed E-state index contributed by atoms with van der Waals surface area (Å²) in [6.45, 7) is 6.67. The Morgan fingerprint density at radius 2 is 1.61 bits per heavy atom. The van der Waals surface area contributed by atoms with Crippen molar-refractivity contribution in [1.82, 2.24) is 4.90 Å². The van der Waals surface area contributed by atoms with Crippen molar-refractivity contribution in [3.05, 3.63) is 89.0 Å². The van der Waals surface area contributed by atoms with Crippen LogP contribution in [0.4, 0.5) is 5.69 Å². The van der Waals surface area contributed by atoms with Gasteiger partial charge in [0.2, 0.25) is 0 Å². The largest absolute Gasteiger partial charge is 0.381 e. The number of amides is 1. The van der Waals surface area contributed by atoms with Crippen molar-refractivity contribution in [2.24, 2.45) is 0 Å². The third-order valence-electron chi connectivity index (χ3n) is 8.20. The molecule has 8 nitrogen and oxygen atoms in total. The van der Waals surface area contributed by atoms with Crippen LogP contribution in [0, 0.1) is 0 Å². The fourth-order valence-corrected chi connectivity index (χ4v) is 7.07. The molecule has 3 aromatic carbocycles. The van der Waals surface area contributed by atoms with Gasteiger partial charge in [-0.3, -0.25) is 9.69 Å². The summed E-state index contributed by atoms with van der Waals surface area (Å²) >= 11 is 0. The first-order valence-corrected chi connectivity index (χ1v) is 17.0. The van der Waals surface area contributed by atoms with Gasteiger partial charge in [0, 0.05) is 43.7 Å². The molecule has 2 aliphatic rings. The summed E-state index contributed by atoms with van der Waals surface area (Å²) in [6, 6.07) is 21.7. The molecule has 234 valence electrons. The molecule has 1 saturated heterocycles. The highest BCUT2D eigenvalue weighted by molar-refractivity contribution is 7.91. The molecule has 2 heterocycles. The molecule has 0 bridgehead atoms.